The van der Waals surface area contributed by atoms with Crippen molar-refractivity contribution in [3.05, 3.63) is 57.0 Å². The first-order chi connectivity index (χ1) is 13.0. The lowest BCUT2D eigenvalue weighted by Gasteiger charge is -2.31. The predicted octanol–water partition coefficient (Wildman–Crippen LogP) is 5.76. The number of carbonyl (C=O) groups excluding carboxylic acids is 1. The molecule has 1 aliphatic heterocycles. The molecule has 0 unspecified atom stereocenters. The highest BCUT2D eigenvalue weighted by Gasteiger charge is 2.19. The van der Waals surface area contributed by atoms with Gasteiger partial charge in [-0.1, -0.05) is 40.9 Å². The largest absolute Gasteiger partial charge is 0.369 e. The van der Waals surface area contributed by atoms with Crippen molar-refractivity contribution in [2.75, 3.05) is 23.3 Å². The first-order valence-electron chi connectivity index (χ1n) is 8.56. The Hall–Kier alpha value is -1.53. The van der Waals surface area contributed by atoms with Crippen molar-refractivity contribution in [2.24, 2.45) is 0 Å². The van der Waals surface area contributed by atoms with E-state index in [4.69, 9.17) is 47.0 Å². The second-order valence-electron chi connectivity index (χ2n) is 6.22. The van der Waals surface area contributed by atoms with Gasteiger partial charge in [0.2, 0.25) is 0 Å². The van der Waals surface area contributed by atoms with Gasteiger partial charge in [0.15, 0.2) is 5.11 Å². The minimum Gasteiger partial charge on any atom is -0.369 e. The molecular formula is C19H18Cl3N3OS. The van der Waals surface area contributed by atoms with Gasteiger partial charge in [-0.3, -0.25) is 10.1 Å². The lowest BCUT2D eigenvalue weighted by molar-refractivity contribution is 0.0978. The minimum atomic E-state index is -0.429. The number of thiocarbonyl (C=S) groups is 1. The highest BCUT2D eigenvalue weighted by atomic mass is 35.5. The van der Waals surface area contributed by atoms with Gasteiger partial charge in [0.25, 0.3) is 5.91 Å². The van der Waals surface area contributed by atoms with Crippen molar-refractivity contribution in [1.29, 1.82) is 0 Å². The highest BCUT2D eigenvalue weighted by molar-refractivity contribution is 7.80. The number of hydrogen-bond acceptors (Lipinski definition) is 3. The number of anilines is 2. The molecule has 2 N–H and O–H groups in total. The number of carbonyl (C=O) groups is 1. The summed E-state index contributed by atoms with van der Waals surface area (Å²) in [6.45, 7) is 1.88. The van der Waals surface area contributed by atoms with E-state index in [1.54, 1.807) is 12.1 Å². The number of benzene rings is 2. The molecule has 0 aromatic heterocycles. The van der Waals surface area contributed by atoms with Crippen LogP contribution in [0.3, 0.4) is 0 Å². The highest BCUT2D eigenvalue weighted by Crippen LogP contribution is 2.35. The molecule has 142 valence electrons. The summed E-state index contributed by atoms with van der Waals surface area (Å²) in [5.74, 6) is -0.429. The molecule has 0 aliphatic carbocycles. The Morgan fingerprint density at radius 2 is 1.74 bits per heavy atom. The summed E-state index contributed by atoms with van der Waals surface area (Å²) in [5, 5.41) is 7.25. The number of nitrogens with one attached hydrogen (secondary N) is 2. The number of hydrogen-bond donors (Lipinski definition) is 2. The van der Waals surface area contributed by atoms with Crippen LogP contribution in [-0.2, 0) is 0 Å². The molecule has 0 radical (unpaired) electrons. The number of rotatable bonds is 3. The quantitative estimate of drug-likeness (QED) is 0.593. The zero-order valence-corrected chi connectivity index (χ0v) is 17.5. The van der Waals surface area contributed by atoms with Crippen LogP contribution in [0.15, 0.2) is 36.4 Å². The van der Waals surface area contributed by atoms with Crippen molar-refractivity contribution >= 4 is 69.4 Å². The Morgan fingerprint density at radius 1 is 1.00 bits per heavy atom. The smallest absolute Gasteiger partial charge is 0.258 e. The molecule has 1 saturated heterocycles. The zero-order valence-electron chi connectivity index (χ0n) is 14.4. The Balaban J connectivity index is 1.75. The molecule has 4 nitrogen and oxygen atoms in total. The van der Waals surface area contributed by atoms with Crippen LogP contribution in [-0.4, -0.2) is 24.1 Å². The van der Waals surface area contributed by atoms with E-state index in [0.29, 0.717) is 15.1 Å². The van der Waals surface area contributed by atoms with Gasteiger partial charge in [-0.2, -0.15) is 0 Å². The molecule has 0 bridgehead atoms. The maximum absolute atomic E-state index is 12.5. The Kier molecular flexibility index (Phi) is 6.82. The fourth-order valence-electron chi connectivity index (χ4n) is 3.05. The van der Waals surface area contributed by atoms with E-state index < -0.39 is 5.91 Å². The number of piperidine rings is 1. The maximum atomic E-state index is 12.5. The van der Waals surface area contributed by atoms with Crippen molar-refractivity contribution < 1.29 is 4.79 Å². The molecule has 3 rings (SSSR count). The van der Waals surface area contributed by atoms with E-state index >= 15 is 0 Å². The van der Waals surface area contributed by atoms with Crippen LogP contribution in [0.1, 0.15) is 29.6 Å². The summed E-state index contributed by atoms with van der Waals surface area (Å²) >= 11 is 23.8. The maximum Gasteiger partial charge on any atom is 0.258 e. The van der Waals surface area contributed by atoms with Crippen LogP contribution in [0, 0.1) is 0 Å². The van der Waals surface area contributed by atoms with Crippen LogP contribution < -0.4 is 15.5 Å². The summed E-state index contributed by atoms with van der Waals surface area (Å²) in [6.07, 6.45) is 3.47. The van der Waals surface area contributed by atoms with Crippen LogP contribution in [0.25, 0.3) is 0 Å². The van der Waals surface area contributed by atoms with Crippen LogP contribution in [0.4, 0.5) is 11.4 Å². The van der Waals surface area contributed by atoms with Gasteiger partial charge in [-0.25, -0.2) is 0 Å². The molecule has 1 heterocycles. The third kappa shape index (κ3) is 5.05. The molecule has 2 aromatic rings. The zero-order chi connectivity index (χ0) is 19.4. The lowest BCUT2D eigenvalue weighted by Crippen LogP contribution is -2.35. The Morgan fingerprint density at radius 3 is 2.48 bits per heavy atom. The number of para-hydroxylation sites is 1. The lowest BCUT2D eigenvalue weighted by atomic mass is 10.1. The first kappa shape index (κ1) is 20.2. The van der Waals surface area contributed by atoms with Gasteiger partial charge in [-0.05, 0) is 61.8 Å². The van der Waals surface area contributed by atoms with Crippen molar-refractivity contribution in [3.63, 3.8) is 0 Å². The molecule has 0 atom stereocenters. The third-order valence-electron chi connectivity index (χ3n) is 4.31. The van der Waals surface area contributed by atoms with Crippen LogP contribution >= 0.6 is 47.0 Å². The first-order valence-corrected chi connectivity index (χ1v) is 10.1. The van der Waals surface area contributed by atoms with Gasteiger partial charge < -0.3 is 10.2 Å². The van der Waals surface area contributed by atoms with Crippen molar-refractivity contribution in [3.8, 4) is 0 Å². The molecule has 1 aliphatic rings. The summed E-state index contributed by atoms with van der Waals surface area (Å²) in [5.41, 5.74) is 1.92. The van der Waals surface area contributed by atoms with E-state index in [0.717, 1.165) is 37.3 Å². The standard InChI is InChI=1S/C19H18Cl3N3OS/c20-12-7-8-14(21)13(11-12)18(26)24-19(27)23-16-6-4-5-15(22)17(16)25-9-2-1-3-10-25/h4-8,11H,1-3,9-10H2,(H2,23,24,26,27). The molecule has 1 amide bonds. The predicted molar refractivity (Wildman–Crippen MR) is 118 cm³/mol. The summed E-state index contributed by atoms with van der Waals surface area (Å²) < 4.78 is 0. The van der Waals surface area contributed by atoms with Crippen molar-refractivity contribution in [1.82, 2.24) is 5.32 Å². The fourth-order valence-corrected chi connectivity index (χ4v) is 3.92. The van der Waals surface area contributed by atoms with Gasteiger partial charge in [-0.15, -0.1) is 0 Å². The Bertz CT molecular complexity index is 869. The molecular weight excluding hydrogens is 425 g/mol. The van der Waals surface area contributed by atoms with E-state index in [1.165, 1.54) is 12.5 Å². The third-order valence-corrected chi connectivity index (χ3v) is 5.38. The van der Waals surface area contributed by atoms with Gasteiger partial charge in [0, 0.05) is 18.1 Å². The SMILES string of the molecule is O=C(NC(=S)Nc1cccc(Cl)c1N1CCCCC1)c1cc(Cl)ccc1Cl. The number of amides is 1. The fraction of sp³-hybridized carbons (Fsp3) is 0.263. The second kappa shape index (κ2) is 9.11. The normalized spacial score (nSPS) is 14.0. The molecule has 8 heteroatoms. The molecule has 0 spiro atoms. The van der Waals surface area contributed by atoms with Crippen LogP contribution in [0.2, 0.25) is 15.1 Å². The van der Waals surface area contributed by atoms with Gasteiger partial charge in [0.1, 0.15) is 0 Å². The summed E-state index contributed by atoms with van der Waals surface area (Å²) in [6, 6.07) is 10.3. The second-order valence-corrected chi connectivity index (χ2v) is 7.88. The number of nitrogens with zero attached hydrogens (tertiary/aromatic N) is 1. The van der Waals surface area contributed by atoms with Crippen molar-refractivity contribution in [2.45, 2.75) is 19.3 Å². The summed E-state index contributed by atoms with van der Waals surface area (Å²) in [4.78, 5) is 14.7. The Labute approximate surface area is 178 Å². The minimum absolute atomic E-state index is 0.163. The average Bonchev–Trinajstić information content (AvgIpc) is 2.64. The molecule has 2 aromatic carbocycles. The van der Waals surface area contributed by atoms with Gasteiger partial charge in [0.05, 0.1) is 27.0 Å². The summed E-state index contributed by atoms with van der Waals surface area (Å²) in [7, 11) is 0. The van der Waals surface area contributed by atoms with Gasteiger partial charge >= 0.3 is 0 Å². The van der Waals surface area contributed by atoms with E-state index in [-0.39, 0.29) is 10.7 Å². The molecule has 0 saturated carbocycles. The van der Waals surface area contributed by atoms with E-state index in [9.17, 15) is 4.79 Å². The monoisotopic (exact) mass is 441 g/mol. The molecule has 1 fully saturated rings. The topological polar surface area (TPSA) is 44.4 Å². The average molecular weight is 443 g/mol. The number of halogens is 3. The van der Waals surface area contributed by atoms with E-state index in [1.807, 2.05) is 18.2 Å². The molecule has 27 heavy (non-hydrogen) atoms. The van der Waals surface area contributed by atoms with Crippen LogP contribution in [0.5, 0.6) is 0 Å². The van der Waals surface area contributed by atoms with E-state index in [2.05, 4.69) is 15.5 Å².